The van der Waals surface area contributed by atoms with Crippen molar-refractivity contribution in [2.75, 3.05) is 31.6 Å². The summed E-state index contributed by atoms with van der Waals surface area (Å²) in [7, 11) is -3.67. The number of aromatic nitrogens is 2. The molecule has 1 aliphatic carbocycles. The van der Waals surface area contributed by atoms with Crippen molar-refractivity contribution in [1.29, 1.82) is 0 Å². The summed E-state index contributed by atoms with van der Waals surface area (Å²) in [5, 5.41) is 12.2. The largest absolute Gasteiger partial charge is 0.379 e. The molecular formula is C17H20N4O4S2. The Kier molecular flexibility index (Phi) is 4.97. The number of carbonyl (C=O) groups is 1. The summed E-state index contributed by atoms with van der Waals surface area (Å²) in [6.45, 7) is 3.10. The quantitative estimate of drug-likeness (QED) is 0.812. The summed E-state index contributed by atoms with van der Waals surface area (Å²) in [6, 6.07) is 4.70. The fourth-order valence-corrected chi connectivity index (χ4v) is 5.46. The third kappa shape index (κ3) is 3.88. The molecule has 0 unspecified atom stereocenters. The highest BCUT2D eigenvalue weighted by Gasteiger charge is 2.29. The number of hydrogen-bond acceptors (Lipinski definition) is 7. The highest BCUT2D eigenvalue weighted by Crippen LogP contribution is 2.42. The smallest absolute Gasteiger partial charge is 0.257 e. The van der Waals surface area contributed by atoms with Crippen molar-refractivity contribution < 1.29 is 17.9 Å². The van der Waals surface area contributed by atoms with E-state index in [4.69, 9.17) is 4.74 Å². The minimum Gasteiger partial charge on any atom is -0.379 e. The Morgan fingerprint density at radius 1 is 1.26 bits per heavy atom. The number of hydrogen-bond donors (Lipinski definition) is 1. The van der Waals surface area contributed by atoms with E-state index in [0.717, 1.165) is 17.8 Å². The first-order chi connectivity index (χ1) is 12.9. The Morgan fingerprint density at radius 2 is 2.00 bits per heavy atom. The molecule has 8 nitrogen and oxygen atoms in total. The fraction of sp³-hybridized carbons (Fsp3) is 0.471. The minimum absolute atomic E-state index is 0.146. The van der Waals surface area contributed by atoms with Crippen LogP contribution in [0, 0.1) is 6.92 Å². The van der Waals surface area contributed by atoms with Gasteiger partial charge in [0.2, 0.25) is 15.2 Å². The van der Waals surface area contributed by atoms with Gasteiger partial charge in [0.1, 0.15) is 5.01 Å². The average molecular weight is 409 g/mol. The van der Waals surface area contributed by atoms with Crippen LogP contribution in [0.15, 0.2) is 23.1 Å². The number of rotatable bonds is 5. The molecule has 0 radical (unpaired) electrons. The third-order valence-electron chi connectivity index (χ3n) is 4.63. The molecule has 1 N–H and O–H groups in total. The Labute approximate surface area is 161 Å². The summed E-state index contributed by atoms with van der Waals surface area (Å²) >= 11 is 1.37. The van der Waals surface area contributed by atoms with Gasteiger partial charge in [0.05, 0.1) is 18.1 Å². The van der Waals surface area contributed by atoms with Crippen LogP contribution in [0.3, 0.4) is 0 Å². The van der Waals surface area contributed by atoms with Gasteiger partial charge in [0.25, 0.3) is 5.91 Å². The molecule has 2 aliphatic rings. The van der Waals surface area contributed by atoms with Gasteiger partial charge in [-0.05, 0) is 37.5 Å². The van der Waals surface area contributed by atoms with E-state index in [0.29, 0.717) is 42.9 Å². The number of nitrogens with zero attached hydrogens (tertiary/aromatic N) is 3. The van der Waals surface area contributed by atoms with E-state index in [1.54, 1.807) is 19.1 Å². The molecule has 0 bridgehead atoms. The van der Waals surface area contributed by atoms with Crippen LogP contribution in [0.5, 0.6) is 0 Å². The topological polar surface area (TPSA) is 101 Å². The van der Waals surface area contributed by atoms with Crippen LogP contribution in [0.2, 0.25) is 0 Å². The summed E-state index contributed by atoms with van der Waals surface area (Å²) in [5.74, 6) is 0.0738. The lowest BCUT2D eigenvalue weighted by Crippen LogP contribution is -2.40. The number of nitrogens with one attached hydrogen (secondary N) is 1. The van der Waals surface area contributed by atoms with Gasteiger partial charge < -0.3 is 4.74 Å². The van der Waals surface area contributed by atoms with Crippen LogP contribution in [0.1, 0.15) is 39.7 Å². The fourth-order valence-electron chi connectivity index (χ4n) is 2.89. The second-order valence-electron chi connectivity index (χ2n) is 6.67. The van der Waals surface area contributed by atoms with E-state index in [9.17, 15) is 13.2 Å². The highest BCUT2D eigenvalue weighted by atomic mass is 32.2. The molecule has 1 aromatic heterocycles. The van der Waals surface area contributed by atoms with Crippen molar-refractivity contribution in [2.24, 2.45) is 0 Å². The van der Waals surface area contributed by atoms with Gasteiger partial charge >= 0.3 is 0 Å². The SMILES string of the molecule is Cc1ccc(C(=O)Nc2nnc(C3CC3)s2)cc1S(=O)(=O)N1CCOCC1. The van der Waals surface area contributed by atoms with Crippen molar-refractivity contribution in [3.05, 3.63) is 34.3 Å². The number of amides is 1. The molecule has 2 aromatic rings. The lowest BCUT2D eigenvalue weighted by Gasteiger charge is -2.26. The van der Waals surface area contributed by atoms with E-state index in [2.05, 4.69) is 15.5 Å². The first kappa shape index (κ1) is 18.5. The maximum atomic E-state index is 12.9. The average Bonchev–Trinajstić information content (AvgIpc) is 3.42. The second-order valence-corrected chi connectivity index (χ2v) is 9.59. The van der Waals surface area contributed by atoms with Gasteiger partial charge in [0.15, 0.2) is 0 Å². The molecule has 2 heterocycles. The van der Waals surface area contributed by atoms with Crippen molar-refractivity contribution in [2.45, 2.75) is 30.6 Å². The molecular weight excluding hydrogens is 388 g/mol. The Morgan fingerprint density at radius 3 is 2.70 bits per heavy atom. The zero-order chi connectivity index (χ0) is 19.0. The van der Waals surface area contributed by atoms with Crippen LogP contribution in [0.25, 0.3) is 0 Å². The maximum absolute atomic E-state index is 12.9. The van der Waals surface area contributed by atoms with Crippen LogP contribution < -0.4 is 5.32 Å². The minimum atomic E-state index is -3.67. The molecule has 10 heteroatoms. The number of morpholine rings is 1. The van der Waals surface area contributed by atoms with E-state index in [-0.39, 0.29) is 10.5 Å². The molecule has 2 fully saturated rings. The first-order valence-corrected chi connectivity index (χ1v) is 11.0. The summed E-state index contributed by atoms with van der Waals surface area (Å²) in [6.07, 6.45) is 2.23. The van der Waals surface area contributed by atoms with Crippen LogP contribution in [-0.2, 0) is 14.8 Å². The zero-order valence-electron chi connectivity index (χ0n) is 14.8. The van der Waals surface area contributed by atoms with Crippen LogP contribution in [0.4, 0.5) is 5.13 Å². The molecule has 4 rings (SSSR count). The predicted molar refractivity (Wildman–Crippen MR) is 101 cm³/mol. The first-order valence-electron chi connectivity index (χ1n) is 8.78. The Balaban J connectivity index is 1.56. The van der Waals surface area contributed by atoms with Gasteiger partial charge in [-0.15, -0.1) is 10.2 Å². The molecule has 1 amide bonds. The van der Waals surface area contributed by atoms with Gasteiger partial charge in [-0.25, -0.2) is 8.42 Å². The lowest BCUT2D eigenvalue weighted by molar-refractivity contribution is 0.0730. The monoisotopic (exact) mass is 408 g/mol. The number of ether oxygens (including phenoxy) is 1. The van der Waals surface area contributed by atoms with Gasteiger partial charge in [-0.1, -0.05) is 17.4 Å². The number of anilines is 1. The van der Waals surface area contributed by atoms with Crippen molar-refractivity contribution >= 4 is 32.4 Å². The van der Waals surface area contributed by atoms with Crippen molar-refractivity contribution in [3.63, 3.8) is 0 Å². The molecule has 1 saturated heterocycles. The van der Waals surface area contributed by atoms with E-state index in [1.807, 2.05) is 0 Å². The zero-order valence-corrected chi connectivity index (χ0v) is 16.5. The second kappa shape index (κ2) is 7.27. The summed E-state index contributed by atoms with van der Waals surface area (Å²) in [5.41, 5.74) is 0.876. The van der Waals surface area contributed by atoms with Gasteiger partial charge in [-0.3, -0.25) is 10.1 Å². The van der Waals surface area contributed by atoms with Gasteiger partial charge in [0, 0.05) is 24.6 Å². The maximum Gasteiger partial charge on any atom is 0.257 e. The molecule has 27 heavy (non-hydrogen) atoms. The molecule has 1 saturated carbocycles. The molecule has 144 valence electrons. The molecule has 0 atom stereocenters. The predicted octanol–water partition coefficient (Wildman–Crippen LogP) is 2.00. The summed E-state index contributed by atoms with van der Waals surface area (Å²) in [4.78, 5) is 12.7. The summed E-state index contributed by atoms with van der Waals surface area (Å²) < 4.78 is 32.5. The van der Waals surface area contributed by atoms with Crippen molar-refractivity contribution in [1.82, 2.24) is 14.5 Å². The lowest BCUT2D eigenvalue weighted by atomic mass is 10.1. The van der Waals surface area contributed by atoms with Gasteiger partial charge in [-0.2, -0.15) is 4.31 Å². The molecule has 1 aromatic carbocycles. The van der Waals surface area contributed by atoms with Crippen LogP contribution in [-0.4, -0.2) is 55.1 Å². The number of benzene rings is 1. The Bertz CT molecular complexity index is 963. The van der Waals surface area contributed by atoms with E-state index < -0.39 is 15.9 Å². The molecule has 1 aliphatic heterocycles. The number of sulfonamides is 1. The normalized spacial score (nSPS) is 18.4. The third-order valence-corrected chi connectivity index (χ3v) is 7.67. The van der Waals surface area contributed by atoms with Crippen molar-refractivity contribution in [3.8, 4) is 0 Å². The highest BCUT2D eigenvalue weighted by molar-refractivity contribution is 7.89. The Hall–Kier alpha value is -1.88. The molecule has 0 spiro atoms. The number of carbonyl (C=O) groups excluding carboxylic acids is 1. The van der Waals surface area contributed by atoms with Crippen LogP contribution >= 0.6 is 11.3 Å². The van der Waals surface area contributed by atoms with E-state index in [1.165, 1.54) is 21.7 Å². The standard InChI is InChI=1S/C17H20N4O4S2/c1-11-2-3-13(10-14(11)27(23,24)21-6-8-25-9-7-21)15(22)18-17-20-19-16(26-17)12-4-5-12/h2-3,10,12H,4-9H2,1H3,(H,18,20,22). The van der Waals surface area contributed by atoms with E-state index >= 15 is 0 Å². The number of aryl methyl sites for hydroxylation is 1.